The number of ether oxygens (including phenoxy) is 1. The summed E-state index contributed by atoms with van der Waals surface area (Å²) in [6.07, 6.45) is 13.3. The molecule has 0 spiro atoms. The molecule has 0 amide bonds. The van der Waals surface area contributed by atoms with E-state index >= 15 is 0 Å². The fraction of sp³-hybridized carbons (Fsp3) is 0.811. The standard InChI is InChI=1S/C37H57NO2/c1-23(2)26-15-20-37(38)22-21-35(6)28(31(26)37)13-14-30-34(5)18-16-27(24-9-11-25(12-10-24)32(39)40-8)33(3,4)29(34)17-19-36(30,35)7/h9-12,23,26-31H,13-22,38H2,1-8H3. The van der Waals surface area contributed by atoms with Gasteiger partial charge in [0, 0.05) is 5.54 Å². The van der Waals surface area contributed by atoms with E-state index in [4.69, 9.17) is 10.5 Å². The van der Waals surface area contributed by atoms with Crippen molar-refractivity contribution in [3.05, 3.63) is 35.4 Å². The number of carbonyl (C=O) groups is 1. The Kier molecular flexibility index (Phi) is 6.70. The van der Waals surface area contributed by atoms with Gasteiger partial charge in [-0.3, -0.25) is 0 Å². The topological polar surface area (TPSA) is 52.3 Å². The average Bonchev–Trinajstić information content (AvgIpc) is 3.26. The molecule has 3 heteroatoms. The van der Waals surface area contributed by atoms with Crippen molar-refractivity contribution in [3.8, 4) is 0 Å². The van der Waals surface area contributed by atoms with E-state index in [9.17, 15) is 4.79 Å². The second kappa shape index (κ2) is 9.32. The van der Waals surface area contributed by atoms with Crippen molar-refractivity contribution < 1.29 is 9.53 Å². The van der Waals surface area contributed by atoms with Crippen molar-refractivity contribution >= 4 is 5.97 Å². The van der Waals surface area contributed by atoms with E-state index in [1.54, 1.807) is 0 Å². The molecule has 6 rings (SSSR count). The normalized spacial score (nSPS) is 47.5. The zero-order chi connectivity index (χ0) is 28.9. The average molecular weight is 548 g/mol. The molecule has 10 atom stereocenters. The van der Waals surface area contributed by atoms with Crippen molar-refractivity contribution in [2.75, 3.05) is 7.11 Å². The molecule has 5 fully saturated rings. The molecule has 222 valence electrons. The molecule has 10 unspecified atom stereocenters. The largest absolute Gasteiger partial charge is 0.465 e. The molecule has 1 aromatic rings. The Morgan fingerprint density at radius 1 is 0.825 bits per heavy atom. The number of methoxy groups -OCH3 is 1. The fourth-order valence-electron chi connectivity index (χ4n) is 13.0. The maximum atomic E-state index is 12.0. The van der Waals surface area contributed by atoms with Crippen LogP contribution in [0.15, 0.2) is 24.3 Å². The highest BCUT2D eigenvalue weighted by atomic mass is 16.5. The van der Waals surface area contributed by atoms with Crippen molar-refractivity contribution in [1.82, 2.24) is 0 Å². The highest BCUT2D eigenvalue weighted by molar-refractivity contribution is 5.89. The lowest BCUT2D eigenvalue weighted by Gasteiger charge is -2.73. The van der Waals surface area contributed by atoms with E-state index in [0.717, 1.165) is 35.5 Å². The number of nitrogens with two attached hydrogens (primary N) is 1. The van der Waals surface area contributed by atoms with Crippen LogP contribution in [0.5, 0.6) is 0 Å². The van der Waals surface area contributed by atoms with Gasteiger partial charge in [0.05, 0.1) is 12.7 Å². The molecule has 3 nitrogen and oxygen atoms in total. The Bertz CT molecular complexity index is 1140. The smallest absolute Gasteiger partial charge is 0.337 e. The summed E-state index contributed by atoms with van der Waals surface area (Å²) in [6.45, 7) is 18.3. The molecule has 0 radical (unpaired) electrons. The molecule has 0 aromatic heterocycles. The zero-order valence-electron chi connectivity index (χ0n) is 26.8. The number of esters is 1. The summed E-state index contributed by atoms with van der Waals surface area (Å²) >= 11 is 0. The van der Waals surface area contributed by atoms with Crippen molar-refractivity contribution in [2.24, 2.45) is 62.9 Å². The molecule has 0 aliphatic heterocycles. The van der Waals surface area contributed by atoms with Crippen molar-refractivity contribution in [3.63, 3.8) is 0 Å². The molecule has 1 aromatic carbocycles. The highest BCUT2D eigenvalue weighted by Crippen LogP contribution is 2.77. The second-order valence-electron chi connectivity index (χ2n) is 16.9. The van der Waals surface area contributed by atoms with Gasteiger partial charge in [-0.2, -0.15) is 0 Å². The molecule has 5 aliphatic rings. The Hall–Kier alpha value is -1.35. The van der Waals surface area contributed by atoms with Gasteiger partial charge in [0.2, 0.25) is 0 Å². The predicted octanol–water partition coefficient (Wildman–Crippen LogP) is 9.01. The van der Waals surface area contributed by atoms with Crippen LogP contribution in [0.2, 0.25) is 0 Å². The molecule has 0 saturated heterocycles. The summed E-state index contributed by atoms with van der Waals surface area (Å²) in [5.74, 6) is 4.87. The number of carbonyl (C=O) groups excluding carboxylic acids is 1. The summed E-state index contributed by atoms with van der Waals surface area (Å²) < 4.78 is 4.95. The summed E-state index contributed by atoms with van der Waals surface area (Å²) in [7, 11) is 1.46. The van der Waals surface area contributed by atoms with Crippen LogP contribution < -0.4 is 5.73 Å². The second-order valence-corrected chi connectivity index (χ2v) is 16.9. The third kappa shape index (κ3) is 3.74. The maximum absolute atomic E-state index is 12.0. The Morgan fingerprint density at radius 2 is 1.52 bits per heavy atom. The summed E-state index contributed by atoms with van der Waals surface area (Å²) in [6, 6.07) is 8.35. The molecule has 40 heavy (non-hydrogen) atoms. The molecule has 2 N–H and O–H groups in total. The lowest BCUT2D eigenvalue weighted by Crippen LogP contribution is -2.68. The van der Waals surface area contributed by atoms with E-state index in [1.807, 2.05) is 12.1 Å². The van der Waals surface area contributed by atoms with E-state index in [2.05, 4.69) is 60.6 Å². The van der Waals surface area contributed by atoms with Gasteiger partial charge < -0.3 is 10.5 Å². The lowest BCUT2D eigenvalue weighted by atomic mass is 9.32. The van der Waals surface area contributed by atoms with Crippen LogP contribution >= 0.6 is 0 Å². The minimum absolute atomic E-state index is 0.0902. The molecule has 0 bridgehead atoms. The Balaban J connectivity index is 1.30. The minimum Gasteiger partial charge on any atom is -0.465 e. The molecule has 0 heterocycles. The van der Waals surface area contributed by atoms with Crippen molar-refractivity contribution in [2.45, 2.75) is 124 Å². The Labute approximate surface area is 244 Å². The number of hydrogen-bond acceptors (Lipinski definition) is 3. The first-order valence-corrected chi connectivity index (χ1v) is 16.7. The van der Waals surface area contributed by atoms with E-state index in [-0.39, 0.29) is 16.9 Å². The third-order valence-corrected chi connectivity index (χ3v) is 15.2. The van der Waals surface area contributed by atoms with E-state index < -0.39 is 0 Å². The van der Waals surface area contributed by atoms with E-state index in [0.29, 0.717) is 27.7 Å². The van der Waals surface area contributed by atoms with Gasteiger partial charge in [0.15, 0.2) is 0 Å². The van der Waals surface area contributed by atoms with Gasteiger partial charge >= 0.3 is 5.97 Å². The maximum Gasteiger partial charge on any atom is 0.337 e. The first-order valence-electron chi connectivity index (χ1n) is 16.7. The number of fused-ring (bicyclic) bond motifs is 7. The van der Waals surface area contributed by atoms with Crippen LogP contribution in [-0.4, -0.2) is 18.6 Å². The minimum atomic E-state index is -0.246. The van der Waals surface area contributed by atoms with Crippen LogP contribution in [0.4, 0.5) is 0 Å². The highest BCUT2D eigenvalue weighted by Gasteiger charge is 2.70. The molecular formula is C37H57NO2. The predicted molar refractivity (Wildman–Crippen MR) is 164 cm³/mol. The van der Waals surface area contributed by atoms with Crippen LogP contribution in [0.25, 0.3) is 0 Å². The van der Waals surface area contributed by atoms with Crippen LogP contribution in [0.3, 0.4) is 0 Å². The summed E-state index contributed by atoms with van der Waals surface area (Å²) in [5, 5.41) is 0. The summed E-state index contributed by atoms with van der Waals surface area (Å²) in [5.41, 5.74) is 10.9. The van der Waals surface area contributed by atoms with Gasteiger partial charge in [0.25, 0.3) is 0 Å². The first-order chi connectivity index (χ1) is 18.7. The van der Waals surface area contributed by atoms with Crippen LogP contribution in [0.1, 0.15) is 135 Å². The van der Waals surface area contributed by atoms with Gasteiger partial charge in [-0.05, 0) is 145 Å². The Morgan fingerprint density at radius 3 is 2.17 bits per heavy atom. The number of hydrogen-bond donors (Lipinski definition) is 1. The van der Waals surface area contributed by atoms with Gasteiger partial charge in [-0.1, -0.05) is 60.6 Å². The quantitative estimate of drug-likeness (QED) is 0.384. The van der Waals surface area contributed by atoms with Gasteiger partial charge in [0.1, 0.15) is 0 Å². The lowest BCUT2D eigenvalue weighted by molar-refractivity contribution is -0.233. The molecular weight excluding hydrogens is 490 g/mol. The van der Waals surface area contributed by atoms with E-state index in [1.165, 1.54) is 76.9 Å². The van der Waals surface area contributed by atoms with Gasteiger partial charge in [-0.15, -0.1) is 0 Å². The third-order valence-electron chi connectivity index (χ3n) is 15.2. The first kappa shape index (κ1) is 28.8. The van der Waals surface area contributed by atoms with Crippen molar-refractivity contribution in [1.29, 1.82) is 0 Å². The molecule has 5 aliphatic carbocycles. The summed E-state index contributed by atoms with van der Waals surface area (Å²) in [4.78, 5) is 12.0. The van der Waals surface area contributed by atoms with Crippen LogP contribution in [-0.2, 0) is 4.74 Å². The SMILES string of the molecule is COC(=O)c1ccc(C2CCC3(C)C(CCC4(C)C3CCC3C5C(C(C)C)CCC5(N)CCC34C)C2(C)C)cc1. The number of rotatable bonds is 3. The monoisotopic (exact) mass is 547 g/mol. The number of benzene rings is 1. The van der Waals surface area contributed by atoms with Gasteiger partial charge in [-0.25, -0.2) is 4.79 Å². The molecule has 5 saturated carbocycles. The van der Waals surface area contributed by atoms with Crippen LogP contribution in [0, 0.1) is 57.2 Å². The zero-order valence-corrected chi connectivity index (χ0v) is 26.8. The fourth-order valence-corrected chi connectivity index (χ4v) is 13.0.